The Bertz CT molecular complexity index is 386. The van der Waals surface area contributed by atoms with Crippen molar-refractivity contribution >= 4 is 29.9 Å². The first-order chi connectivity index (χ1) is 12.2. The Labute approximate surface area is 177 Å². The number of aliphatic imine (C=N–C) groups is 1. The van der Waals surface area contributed by atoms with Crippen LogP contribution in [0, 0.1) is 0 Å². The molecule has 0 bridgehead atoms. The van der Waals surface area contributed by atoms with Gasteiger partial charge in [-0.05, 0) is 26.2 Å². The van der Waals surface area contributed by atoms with Crippen LogP contribution in [0.15, 0.2) is 17.1 Å². The summed E-state index contributed by atoms with van der Waals surface area (Å²) in [7, 11) is 1.81. The Morgan fingerprint density at radius 1 is 1.15 bits per heavy atom. The summed E-state index contributed by atoms with van der Waals surface area (Å²) < 4.78 is 11.0. The summed E-state index contributed by atoms with van der Waals surface area (Å²) in [5.41, 5.74) is 1.24. The first kappa shape index (κ1) is 25.6. The largest absolute Gasteiger partial charge is 0.379 e. The van der Waals surface area contributed by atoms with E-state index in [-0.39, 0.29) is 24.0 Å². The van der Waals surface area contributed by atoms with Crippen LogP contribution in [-0.4, -0.2) is 76.6 Å². The minimum absolute atomic E-state index is 0. The molecule has 1 saturated heterocycles. The zero-order valence-corrected chi connectivity index (χ0v) is 19.2. The molecule has 0 aromatic rings. The zero-order chi connectivity index (χ0) is 18.3. The number of likely N-dealkylation sites (tertiary alicyclic amines) is 1. The van der Waals surface area contributed by atoms with E-state index in [2.05, 4.69) is 41.0 Å². The fourth-order valence-corrected chi connectivity index (χ4v) is 2.82. The predicted octanol–water partition coefficient (Wildman–Crippen LogP) is 2.64. The number of ether oxygens (including phenoxy) is 2. The fourth-order valence-electron chi connectivity index (χ4n) is 2.82. The average molecular weight is 482 g/mol. The summed E-state index contributed by atoms with van der Waals surface area (Å²) in [5, 5.41) is 6.83. The van der Waals surface area contributed by atoms with E-state index in [1.165, 1.54) is 12.0 Å². The van der Waals surface area contributed by atoms with Gasteiger partial charge in [-0.25, -0.2) is 0 Å². The highest BCUT2D eigenvalue weighted by Gasteiger charge is 2.19. The van der Waals surface area contributed by atoms with Gasteiger partial charge < -0.3 is 20.1 Å². The van der Waals surface area contributed by atoms with Crippen LogP contribution in [0.2, 0.25) is 0 Å². The Kier molecular flexibility index (Phi) is 16.5. The zero-order valence-electron chi connectivity index (χ0n) is 16.9. The van der Waals surface area contributed by atoms with Crippen LogP contribution in [0.5, 0.6) is 0 Å². The van der Waals surface area contributed by atoms with Gasteiger partial charge in [0.25, 0.3) is 0 Å². The maximum Gasteiger partial charge on any atom is 0.191 e. The van der Waals surface area contributed by atoms with Gasteiger partial charge in [0, 0.05) is 45.9 Å². The molecule has 26 heavy (non-hydrogen) atoms. The quantitative estimate of drug-likeness (QED) is 0.147. The van der Waals surface area contributed by atoms with Crippen LogP contribution in [0.1, 0.15) is 39.5 Å². The minimum Gasteiger partial charge on any atom is -0.379 e. The molecule has 0 aromatic carbocycles. The van der Waals surface area contributed by atoms with Crippen molar-refractivity contribution in [2.45, 2.75) is 45.6 Å². The molecule has 0 saturated carbocycles. The van der Waals surface area contributed by atoms with Gasteiger partial charge in [-0.2, -0.15) is 0 Å². The monoisotopic (exact) mass is 482 g/mol. The lowest BCUT2D eigenvalue weighted by molar-refractivity contribution is 0.0487. The summed E-state index contributed by atoms with van der Waals surface area (Å²) in [6.45, 7) is 15.1. The SMILES string of the molecule is C=C(C)CN1CCC(NC(=NC)NCCOCCOCCCC)CC1.I. The molecule has 0 aliphatic carbocycles. The number of piperidine rings is 1. The van der Waals surface area contributed by atoms with Gasteiger partial charge in [0.05, 0.1) is 19.8 Å². The molecule has 6 nitrogen and oxygen atoms in total. The molecule has 0 amide bonds. The maximum absolute atomic E-state index is 5.56. The highest BCUT2D eigenvalue weighted by molar-refractivity contribution is 14.0. The third-order valence-corrected chi connectivity index (χ3v) is 4.20. The molecule has 154 valence electrons. The molecular formula is C19H39IN4O2. The van der Waals surface area contributed by atoms with E-state index in [1.807, 2.05) is 7.05 Å². The molecule has 1 aliphatic heterocycles. The van der Waals surface area contributed by atoms with Crippen LogP contribution in [-0.2, 0) is 9.47 Å². The van der Waals surface area contributed by atoms with Gasteiger partial charge in [0.15, 0.2) is 5.96 Å². The molecule has 1 fully saturated rings. The lowest BCUT2D eigenvalue weighted by atomic mass is 10.0. The van der Waals surface area contributed by atoms with E-state index in [4.69, 9.17) is 9.47 Å². The van der Waals surface area contributed by atoms with Gasteiger partial charge >= 0.3 is 0 Å². The van der Waals surface area contributed by atoms with Crippen LogP contribution >= 0.6 is 24.0 Å². The van der Waals surface area contributed by atoms with Crippen molar-refractivity contribution in [1.29, 1.82) is 0 Å². The number of halogens is 1. The third-order valence-electron chi connectivity index (χ3n) is 4.20. The van der Waals surface area contributed by atoms with Gasteiger partial charge in [-0.1, -0.05) is 25.5 Å². The van der Waals surface area contributed by atoms with Crippen molar-refractivity contribution in [2.24, 2.45) is 4.99 Å². The van der Waals surface area contributed by atoms with Crippen molar-refractivity contribution in [3.8, 4) is 0 Å². The van der Waals surface area contributed by atoms with Crippen LogP contribution in [0.3, 0.4) is 0 Å². The number of rotatable bonds is 12. The second-order valence-corrected chi connectivity index (χ2v) is 6.73. The van der Waals surface area contributed by atoms with Crippen LogP contribution in [0.4, 0.5) is 0 Å². The normalized spacial score (nSPS) is 16.2. The van der Waals surface area contributed by atoms with Crippen molar-refractivity contribution in [1.82, 2.24) is 15.5 Å². The first-order valence-electron chi connectivity index (χ1n) is 9.65. The lowest BCUT2D eigenvalue weighted by Gasteiger charge is -2.33. The standard InChI is InChI=1S/C19H38N4O2.HI/c1-5-6-12-24-14-15-25-13-9-21-19(20-4)22-18-7-10-23(11-8-18)16-17(2)3;/h18H,2,5-16H2,1,3-4H3,(H2,20,21,22);1H. The van der Waals surface area contributed by atoms with E-state index < -0.39 is 0 Å². The number of guanidine groups is 1. The van der Waals surface area contributed by atoms with Crippen molar-refractivity contribution in [3.63, 3.8) is 0 Å². The van der Waals surface area contributed by atoms with E-state index in [0.717, 1.165) is 58.0 Å². The molecule has 7 heteroatoms. The first-order valence-corrected chi connectivity index (χ1v) is 9.65. The Morgan fingerprint density at radius 3 is 2.38 bits per heavy atom. The lowest BCUT2D eigenvalue weighted by Crippen LogP contribution is -2.49. The fraction of sp³-hybridized carbons (Fsp3) is 0.842. The number of hydrogen-bond donors (Lipinski definition) is 2. The summed E-state index contributed by atoms with van der Waals surface area (Å²) in [6, 6.07) is 0.487. The molecule has 2 N–H and O–H groups in total. The molecule has 0 radical (unpaired) electrons. The van der Waals surface area contributed by atoms with Gasteiger partial charge in [0.2, 0.25) is 0 Å². The van der Waals surface area contributed by atoms with Crippen LogP contribution in [0.25, 0.3) is 0 Å². The van der Waals surface area contributed by atoms with E-state index in [0.29, 0.717) is 25.9 Å². The molecular weight excluding hydrogens is 443 g/mol. The molecule has 1 rings (SSSR count). The minimum atomic E-state index is 0. The third kappa shape index (κ3) is 12.9. The van der Waals surface area contributed by atoms with E-state index in [1.54, 1.807) is 0 Å². The molecule has 0 spiro atoms. The van der Waals surface area contributed by atoms with Crippen molar-refractivity contribution in [3.05, 3.63) is 12.2 Å². The molecule has 0 aromatic heterocycles. The van der Waals surface area contributed by atoms with E-state index in [9.17, 15) is 0 Å². The Balaban J connectivity index is 0.00000625. The number of hydrogen-bond acceptors (Lipinski definition) is 4. The Hall–Kier alpha value is -0.380. The van der Waals surface area contributed by atoms with Crippen molar-refractivity contribution < 1.29 is 9.47 Å². The number of nitrogens with zero attached hydrogens (tertiary/aromatic N) is 2. The maximum atomic E-state index is 5.56. The molecule has 1 aliphatic rings. The number of unbranched alkanes of at least 4 members (excludes halogenated alkanes) is 1. The molecule has 0 atom stereocenters. The second kappa shape index (κ2) is 16.8. The topological polar surface area (TPSA) is 58.1 Å². The summed E-state index contributed by atoms with van der Waals surface area (Å²) in [5.74, 6) is 0.862. The molecule has 1 heterocycles. The summed E-state index contributed by atoms with van der Waals surface area (Å²) in [6.07, 6.45) is 4.57. The number of nitrogens with one attached hydrogen (secondary N) is 2. The van der Waals surface area contributed by atoms with Gasteiger partial charge in [-0.3, -0.25) is 9.89 Å². The average Bonchev–Trinajstić information content (AvgIpc) is 2.60. The summed E-state index contributed by atoms with van der Waals surface area (Å²) >= 11 is 0. The summed E-state index contributed by atoms with van der Waals surface area (Å²) in [4.78, 5) is 6.77. The smallest absolute Gasteiger partial charge is 0.191 e. The van der Waals surface area contributed by atoms with Crippen LogP contribution < -0.4 is 10.6 Å². The Morgan fingerprint density at radius 2 is 1.81 bits per heavy atom. The van der Waals surface area contributed by atoms with Gasteiger partial charge in [0.1, 0.15) is 0 Å². The second-order valence-electron chi connectivity index (χ2n) is 6.73. The predicted molar refractivity (Wildman–Crippen MR) is 121 cm³/mol. The van der Waals surface area contributed by atoms with Crippen molar-refractivity contribution in [2.75, 3.05) is 59.7 Å². The van der Waals surface area contributed by atoms with Gasteiger partial charge in [-0.15, -0.1) is 24.0 Å². The molecule has 0 unspecified atom stereocenters. The van der Waals surface area contributed by atoms with E-state index >= 15 is 0 Å². The highest BCUT2D eigenvalue weighted by Crippen LogP contribution is 2.11. The highest BCUT2D eigenvalue weighted by atomic mass is 127.